The maximum atomic E-state index is 12.5. The van der Waals surface area contributed by atoms with Crippen LogP contribution in [-0.4, -0.2) is 44.0 Å². The van der Waals surface area contributed by atoms with E-state index in [4.69, 9.17) is 8.92 Å². The predicted molar refractivity (Wildman–Crippen MR) is 141 cm³/mol. The van der Waals surface area contributed by atoms with Gasteiger partial charge in [-0.15, -0.1) is 5.10 Å². The Morgan fingerprint density at radius 2 is 1.76 bits per heavy atom. The summed E-state index contributed by atoms with van der Waals surface area (Å²) in [4.78, 5) is 24.5. The predicted octanol–water partition coefficient (Wildman–Crippen LogP) is 3.41. The number of carbonyl (C=O) groups excluding carboxylic acids is 2. The van der Waals surface area contributed by atoms with Gasteiger partial charge in [-0.1, -0.05) is 48.2 Å². The van der Waals surface area contributed by atoms with Crippen molar-refractivity contribution < 1.29 is 26.9 Å². The molecule has 0 aromatic heterocycles. The number of thioether (sulfide) groups is 1. The summed E-state index contributed by atoms with van der Waals surface area (Å²) in [7, 11) is -2.64. The molecule has 0 bridgehead atoms. The van der Waals surface area contributed by atoms with Crippen LogP contribution >= 0.6 is 11.8 Å². The van der Waals surface area contributed by atoms with Gasteiger partial charge in [0.05, 0.1) is 13.3 Å². The second-order valence-electron chi connectivity index (χ2n) is 7.62. The van der Waals surface area contributed by atoms with Crippen LogP contribution in [0.15, 0.2) is 94.0 Å². The average molecular weight is 539 g/mol. The zero-order chi connectivity index (χ0) is 26.3. The highest BCUT2D eigenvalue weighted by atomic mass is 32.2. The molecule has 2 N–H and O–H groups in total. The molecular formula is C25H22N4O6S2. The van der Waals surface area contributed by atoms with Gasteiger partial charge in [0.2, 0.25) is 11.8 Å². The molecule has 0 aliphatic carbocycles. The van der Waals surface area contributed by atoms with Crippen LogP contribution < -0.4 is 19.6 Å². The number of nitrogens with zero attached hydrogens (tertiary/aromatic N) is 2. The lowest BCUT2D eigenvalue weighted by Crippen LogP contribution is -2.28. The number of hydrogen-bond acceptors (Lipinski definition) is 9. The summed E-state index contributed by atoms with van der Waals surface area (Å²) in [6.45, 7) is 0. The molecule has 2 amide bonds. The van der Waals surface area contributed by atoms with Gasteiger partial charge in [-0.05, 0) is 48.0 Å². The second-order valence-corrected chi connectivity index (χ2v) is 10.4. The number of rotatable bonds is 9. The maximum Gasteiger partial charge on any atom is 0.339 e. The topological polar surface area (TPSA) is 136 Å². The van der Waals surface area contributed by atoms with Crippen LogP contribution in [0.3, 0.4) is 0 Å². The van der Waals surface area contributed by atoms with Crippen molar-refractivity contribution in [2.45, 2.75) is 16.6 Å². The fourth-order valence-corrected chi connectivity index (χ4v) is 5.11. The standard InChI is InChI=1S/C25H22N4O6S2/c1-34-21-14-17(12-13-20(21)35-37(32,33)19-10-6-3-7-11-19)16-26-29-25-28-24(31)22(36-25)15-23(30)27-18-8-4-2-5-9-18/h2-14,16,22H,15H2,1H3,(H,27,30)(H,28,29,31)/b26-16-/t22-/m1/s1. The molecule has 1 atom stereocenters. The molecule has 4 rings (SSSR count). The molecule has 1 heterocycles. The second kappa shape index (κ2) is 11.7. The van der Waals surface area contributed by atoms with Gasteiger partial charge in [-0.2, -0.15) is 13.5 Å². The van der Waals surface area contributed by atoms with E-state index in [1.807, 2.05) is 6.07 Å². The molecule has 3 aromatic carbocycles. The molecule has 190 valence electrons. The summed E-state index contributed by atoms with van der Waals surface area (Å²) in [5, 5.41) is 13.0. The van der Waals surface area contributed by atoms with Crippen LogP contribution in [0.4, 0.5) is 5.69 Å². The van der Waals surface area contributed by atoms with Gasteiger partial charge in [-0.25, -0.2) is 0 Å². The van der Waals surface area contributed by atoms with Crippen LogP contribution in [0.1, 0.15) is 12.0 Å². The third-order valence-electron chi connectivity index (χ3n) is 4.98. The molecule has 12 heteroatoms. The summed E-state index contributed by atoms with van der Waals surface area (Å²) in [6, 6.07) is 21.3. The first-order chi connectivity index (χ1) is 17.8. The molecule has 1 aliphatic heterocycles. The Balaban J connectivity index is 1.37. The van der Waals surface area contributed by atoms with Gasteiger partial charge in [0.1, 0.15) is 10.1 Å². The van der Waals surface area contributed by atoms with Crippen molar-refractivity contribution >= 4 is 50.8 Å². The Bertz CT molecular complexity index is 1440. The minimum Gasteiger partial charge on any atom is -0.493 e. The number of para-hydroxylation sites is 1. The molecule has 0 unspecified atom stereocenters. The quantitative estimate of drug-likeness (QED) is 0.242. The van der Waals surface area contributed by atoms with Gasteiger partial charge in [-0.3, -0.25) is 9.59 Å². The molecule has 3 aromatic rings. The van der Waals surface area contributed by atoms with E-state index in [9.17, 15) is 18.0 Å². The lowest BCUT2D eigenvalue weighted by Gasteiger charge is -2.11. The van der Waals surface area contributed by atoms with Crippen molar-refractivity contribution in [3.8, 4) is 11.5 Å². The number of benzene rings is 3. The van der Waals surface area contributed by atoms with E-state index in [2.05, 4.69) is 20.8 Å². The van der Waals surface area contributed by atoms with E-state index in [1.54, 1.807) is 48.5 Å². The Labute approximate surface area is 217 Å². The van der Waals surface area contributed by atoms with Crippen molar-refractivity contribution in [1.82, 2.24) is 5.32 Å². The van der Waals surface area contributed by atoms with Gasteiger partial charge in [0, 0.05) is 12.1 Å². The van der Waals surface area contributed by atoms with Crippen LogP contribution in [0.25, 0.3) is 0 Å². The smallest absolute Gasteiger partial charge is 0.339 e. The highest BCUT2D eigenvalue weighted by Crippen LogP contribution is 2.30. The molecule has 10 nitrogen and oxygen atoms in total. The molecule has 0 saturated carbocycles. The Hall–Kier alpha value is -4.16. The SMILES string of the molecule is COc1cc(/C=N\N=C2\NC(=O)[C@@H](CC(=O)Nc3ccccc3)S2)ccc1OS(=O)(=O)c1ccccc1. The lowest BCUT2D eigenvalue weighted by molar-refractivity contribution is -0.122. The van der Waals surface area contributed by atoms with Crippen molar-refractivity contribution in [3.63, 3.8) is 0 Å². The zero-order valence-electron chi connectivity index (χ0n) is 19.5. The van der Waals surface area contributed by atoms with E-state index < -0.39 is 15.4 Å². The van der Waals surface area contributed by atoms with Crippen molar-refractivity contribution in [2.24, 2.45) is 10.2 Å². The fraction of sp³-hybridized carbons (Fsp3) is 0.120. The third-order valence-corrected chi connectivity index (χ3v) is 7.30. The molecule has 37 heavy (non-hydrogen) atoms. The van der Waals surface area contributed by atoms with Gasteiger partial charge in [0.25, 0.3) is 0 Å². The Kier molecular flexibility index (Phi) is 8.21. The van der Waals surface area contributed by atoms with E-state index in [1.165, 1.54) is 37.6 Å². The molecule has 1 aliphatic rings. The number of amidine groups is 1. The largest absolute Gasteiger partial charge is 0.493 e. The molecular weight excluding hydrogens is 516 g/mol. The maximum absolute atomic E-state index is 12.5. The van der Waals surface area contributed by atoms with Crippen molar-refractivity contribution in [3.05, 3.63) is 84.4 Å². The highest BCUT2D eigenvalue weighted by Gasteiger charge is 2.32. The summed E-state index contributed by atoms with van der Waals surface area (Å²) in [5.74, 6) is -0.411. The number of nitrogens with one attached hydrogen (secondary N) is 2. The van der Waals surface area contributed by atoms with E-state index in [0.717, 1.165) is 11.8 Å². The number of hydrogen-bond donors (Lipinski definition) is 2. The monoisotopic (exact) mass is 538 g/mol. The number of carbonyl (C=O) groups is 2. The van der Waals surface area contributed by atoms with Gasteiger partial charge >= 0.3 is 10.1 Å². The Morgan fingerprint density at radius 1 is 1.05 bits per heavy atom. The molecule has 0 radical (unpaired) electrons. The van der Waals surface area contributed by atoms with Crippen LogP contribution in [-0.2, 0) is 19.7 Å². The number of anilines is 1. The number of amides is 2. The van der Waals surface area contributed by atoms with Crippen molar-refractivity contribution in [1.29, 1.82) is 0 Å². The molecule has 0 spiro atoms. The zero-order valence-corrected chi connectivity index (χ0v) is 21.2. The fourth-order valence-electron chi connectivity index (χ4n) is 3.22. The summed E-state index contributed by atoms with van der Waals surface area (Å²) in [6.07, 6.45) is 1.39. The normalized spacial score (nSPS) is 16.5. The van der Waals surface area contributed by atoms with Crippen LogP contribution in [0, 0.1) is 0 Å². The van der Waals surface area contributed by atoms with E-state index in [0.29, 0.717) is 11.3 Å². The summed E-state index contributed by atoms with van der Waals surface area (Å²) < 4.78 is 35.5. The summed E-state index contributed by atoms with van der Waals surface area (Å²) in [5.41, 5.74) is 1.21. The van der Waals surface area contributed by atoms with Crippen LogP contribution in [0.2, 0.25) is 0 Å². The Morgan fingerprint density at radius 3 is 2.46 bits per heavy atom. The van der Waals surface area contributed by atoms with E-state index >= 15 is 0 Å². The lowest BCUT2D eigenvalue weighted by atomic mass is 10.2. The first kappa shape index (κ1) is 25.9. The van der Waals surface area contributed by atoms with E-state index in [-0.39, 0.29) is 39.8 Å². The molecule has 1 saturated heterocycles. The average Bonchev–Trinajstić information content (AvgIpc) is 3.24. The van der Waals surface area contributed by atoms with Crippen molar-refractivity contribution in [2.75, 3.05) is 12.4 Å². The summed E-state index contributed by atoms with van der Waals surface area (Å²) >= 11 is 1.11. The minimum atomic E-state index is -4.03. The van der Waals surface area contributed by atoms with Gasteiger partial charge < -0.3 is 19.6 Å². The van der Waals surface area contributed by atoms with Crippen LogP contribution in [0.5, 0.6) is 11.5 Å². The first-order valence-electron chi connectivity index (χ1n) is 10.9. The molecule has 1 fully saturated rings. The number of methoxy groups -OCH3 is 1. The highest BCUT2D eigenvalue weighted by molar-refractivity contribution is 8.15. The third kappa shape index (κ3) is 6.96. The van der Waals surface area contributed by atoms with Gasteiger partial charge in [0.15, 0.2) is 16.7 Å². The minimum absolute atomic E-state index is 0.0152. The number of ether oxygens (including phenoxy) is 1. The first-order valence-corrected chi connectivity index (χ1v) is 13.2.